The molecule has 0 amide bonds. The fourth-order valence-corrected chi connectivity index (χ4v) is 5.86. The maximum Gasteiger partial charge on any atom is 0.189 e. The zero-order valence-electron chi connectivity index (χ0n) is 15.2. The molecule has 1 fully saturated rings. The van der Waals surface area contributed by atoms with Crippen LogP contribution in [0.25, 0.3) is 0 Å². The lowest BCUT2D eigenvalue weighted by Gasteiger charge is -2.22. The van der Waals surface area contributed by atoms with Crippen molar-refractivity contribution in [1.29, 1.82) is 0 Å². The normalized spacial score (nSPS) is 17.1. The summed E-state index contributed by atoms with van der Waals surface area (Å²) < 4.78 is 19.2. The molecule has 0 aliphatic heterocycles. The first kappa shape index (κ1) is 19.5. The standard InChI is InChI=1S/C19H30FNOSSi/c1-24(2,3)23-14-13-19(21-18-11-9-17(20)10-12-18)22-15-16-7-5-4-6-8-16/h9-12,16H,4-8,13-15H2,1-3H3/b21-19-. The lowest BCUT2D eigenvalue weighted by molar-refractivity contribution is 0.196. The molecule has 0 atom stereocenters. The van der Waals surface area contributed by atoms with Crippen LogP contribution in [-0.4, -0.2) is 25.5 Å². The Balaban J connectivity index is 1.95. The van der Waals surface area contributed by atoms with Crippen LogP contribution in [0.3, 0.4) is 0 Å². The van der Waals surface area contributed by atoms with Gasteiger partial charge in [0.25, 0.3) is 0 Å². The van der Waals surface area contributed by atoms with Gasteiger partial charge in [-0.2, -0.15) is 11.2 Å². The molecule has 0 radical (unpaired) electrons. The van der Waals surface area contributed by atoms with E-state index in [1.54, 1.807) is 12.1 Å². The molecule has 1 aromatic carbocycles. The number of nitrogens with zero attached hydrogens (tertiary/aromatic N) is 1. The summed E-state index contributed by atoms with van der Waals surface area (Å²) in [7, 11) is -1.12. The van der Waals surface area contributed by atoms with Gasteiger partial charge in [-0.25, -0.2) is 9.38 Å². The largest absolute Gasteiger partial charge is 0.480 e. The Morgan fingerprint density at radius 2 is 1.83 bits per heavy atom. The van der Waals surface area contributed by atoms with Crippen LogP contribution in [0.4, 0.5) is 10.1 Å². The second-order valence-corrected chi connectivity index (χ2v) is 17.0. The third-order valence-corrected chi connectivity index (χ3v) is 8.63. The molecule has 24 heavy (non-hydrogen) atoms. The molecule has 0 bridgehead atoms. The van der Waals surface area contributed by atoms with E-state index in [1.165, 1.54) is 44.2 Å². The Morgan fingerprint density at radius 3 is 2.46 bits per heavy atom. The van der Waals surface area contributed by atoms with E-state index in [1.807, 2.05) is 0 Å². The van der Waals surface area contributed by atoms with Crippen LogP contribution in [0.1, 0.15) is 38.5 Å². The maximum atomic E-state index is 13.1. The zero-order chi connectivity index (χ0) is 17.4. The first-order valence-corrected chi connectivity index (χ1v) is 14.2. The van der Waals surface area contributed by atoms with Gasteiger partial charge in [0.1, 0.15) is 13.0 Å². The highest BCUT2D eigenvalue weighted by molar-refractivity contribution is 8.28. The molecular formula is C19H30FNOSSi. The van der Waals surface area contributed by atoms with Crippen LogP contribution < -0.4 is 0 Å². The fourth-order valence-electron chi connectivity index (χ4n) is 2.83. The van der Waals surface area contributed by atoms with Crippen molar-refractivity contribution in [2.24, 2.45) is 10.9 Å². The van der Waals surface area contributed by atoms with Gasteiger partial charge in [-0.1, -0.05) is 38.9 Å². The molecule has 0 unspecified atom stereocenters. The summed E-state index contributed by atoms with van der Waals surface area (Å²) in [6, 6.07) is 6.33. The minimum absolute atomic E-state index is 0.229. The summed E-state index contributed by atoms with van der Waals surface area (Å²) >= 11 is 2.05. The Bertz CT molecular complexity index is 521. The van der Waals surface area contributed by atoms with Crippen LogP contribution in [-0.2, 0) is 4.74 Å². The molecule has 5 heteroatoms. The van der Waals surface area contributed by atoms with Crippen molar-refractivity contribution < 1.29 is 9.13 Å². The molecule has 1 aliphatic carbocycles. The van der Waals surface area contributed by atoms with Gasteiger partial charge in [0, 0.05) is 6.42 Å². The second kappa shape index (κ2) is 9.61. The second-order valence-electron chi connectivity index (χ2n) is 7.51. The lowest BCUT2D eigenvalue weighted by Crippen LogP contribution is -2.19. The van der Waals surface area contributed by atoms with Gasteiger partial charge in [0.2, 0.25) is 0 Å². The van der Waals surface area contributed by atoms with E-state index < -0.39 is 7.22 Å². The third-order valence-electron chi connectivity index (χ3n) is 4.14. The van der Waals surface area contributed by atoms with E-state index >= 15 is 0 Å². The van der Waals surface area contributed by atoms with Crippen molar-refractivity contribution in [1.82, 2.24) is 0 Å². The van der Waals surface area contributed by atoms with Crippen molar-refractivity contribution >= 4 is 30.0 Å². The quantitative estimate of drug-likeness (QED) is 0.315. The first-order chi connectivity index (χ1) is 11.4. The van der Waals surface area contributed by atoms with Crippen LogP contribution in [0, 0.1) is 11.7 Å². The number of ether oxygens (including phenoxy) is 1. The predicted octanol–water partition coefficient (Wildman–Crippen LogP) is 6.41. The Morgan fingerprint density at radius 1 is 1.17 bits per heavy atom. The van der Waals surface area contributed by atoms with Gasteiger partial charge in [-0.05, 0) is 48.8 Å². The Labute approximate surface area is 150 Å². The van der Waals surface area contributed by atoms with Crippen LogP contribution in [0.2, 0.25) is 19.6 Å². The number of rotatable bonds is 7. The van der Waals surface area contributed by atoms with Gasteiger partial charge < -0.3 is 4.74 Å². The highest BCUT2D eigenvalue weighted by atomic mass is 32.4. The Hall–Kier alpha value is -0.813. The molecule has 0 spiro atoms. The van der Waals surface area contributed by atoms with Gasteiger partial charge in [-0.3, -0.25) is 0 Å². The van der Waals surface area contributed by atoms with E-state index in [-0.39, 0.29) is 5.82 Å². The highest BCUT2D eigenvalue weighted by Gasteiger charge is 2.17. The zero-order valence-corrected chi connectivity index (χ0v) is 17.0. The van der Waals surface area contributed by atoms with Crippen LogP contribution >= 0.6 is 11.2 Å². The Kier molecular flexibility index (Phi) is 7.82. The molecule has 0 heterocycles. The van der Waals surface area contributed by atoms with E-state index in [4.69, 9.17) is 4.74 Å². The van der Waals surface area contributed by atoms with Gasteiger partial charge >= 0.3 is 0 Å². The summed E-state index contributed by atoms with van der Waals surface area (Å²) in [6.45, 7) is 7.85. The molecular weight excluding hydrogens is 337 g/mol. The monoisotopic (exact) mass is 367 g/mol. The number of aliphatic imine (C=N–C) groups is 1. The van der Waals surface area contributed by atoms with Crippen molar-refractivity contribution in [3.05, 3.63) is 30.1 Å². The SMILES string of the molecule is C[Si](C)(C)SCC/C(=N/c1ccc(F)cc1)OCC1CCCCC1. The maximum absolute atomic E-state index is 13.1. The van der Waals surface area contributed by atoms with E-state index in [0.717, 1.165) is 30.4 Å². The molecule has 0 saturated heterocycles. The van der Waals surface area contributed by atoms with Gasteiger partial charge in [0.15, 0.2) is 5.90 Å². The minimum atomic E-state index is -1.12. The van der Waals surface area contributed by atoms with Gasteiger partial charge in [0.05, 0.1) is 12.3 Å². The summed E-state index contributed by atoms with van der Waals surface area (Å²) in [5.74, 6) is 2.29. The first-order valence-electron chi connectivity index (χ1n) is 9.02. The molecule has 1 saturated carbocycles. The fraction of sp³-hybridized carbons (Fsp3) is 0.632. The average molecular weight is 368 g/mol. The summed E-state index contributed by atoms with van der Waals surface area (Å²) in [5, 5.41) is 0. The number of halogens is 1. The van der Waals surface area contributed by atoms with Crippen molar-refractivity contribution in [3.63, 3.8) is 0 Å². The number of hydrogen-bond acceptors (Lipinski definition) is 3. The minimum Gasteiger partial charge on any atom is -0.480 e. The van der Waals surface area contributed by atoms with E-state index in [9.17, 15) is 4.39 Å². The number of benzene rings is 1. The van der Waals surface area contributed by atoms with E-state index in [2.05, 4.69) is 35.8 Å². The van der Waals surface area contributed by atoms with E-state index in [0.29, 0.717) is 5.92 Å². The predicted molar refractivity (Wildman–Crippen MR) is 106 cm³/mol. The lowest BCUT2D eigenvalue weighted by atomic mass is 9.90. The average Bonchev–Trinajstić information content (AvgIpc) is 2.54. The summed E-state index contributed by atoms with van der Waals surface area (Å²) in [6.07, 6.45) is 7.40. The van der Waals surface area contributed by atoms with Crippen LogP contribution in [0.15, 0.2) is 29.3 Å². The smallest absolute Gasteiger partial charge is 0.189 e. The third kappa shape index (κ3) is 7.84. The van der Waals surface area contributed by atoms with Crippen molar-refractivity contribution in [2.45, 2.75) is 58.2 Å². The molecule has 2 rings (SSSR count). The topological polar surface area (TPSA) is 21.6 Å². The molecule has 134 valence electrons. The highest BCUT2D eigenvalue weighted by Crippen LogP contribution is 2.25. The molecule has 0 aromatic heterocycles. The summed E-state index contributed by atoms with van der Waals surface area (Å²) in [4.78, 5) is 4.63. The molecule has 2 nitrogen and oxygen atoms in total. The van der Waals surface area contributed by atoms with Crippen LogP contribution in [0.5, 0.6) is 0 Å². The van der Waals surface area contributed by atoms with Crippen molar-refractivity contribution in [2.75, 3.05) is 12.4 Å². The number of hydrogen-bond donors (Lipinski definition) is 0. The summed E-state index contributed by atoms with van der Waals surface area (Å²) in [5.41, 5.74) is 0.771. The van der Waals surface area contributed by atoms with Gasteiger partial charge in [-0.15, -0.1) is 0 Å². The molecule has 0 N–H and O–H groups in total. The molecule has 1 aliphatic rings. The molecule has 1 aromatic rings. The van der Waals surface area contributed by atoms with Crippen molar-refractivity contribution in [3.8, 4) is 0 Å².